The highest BCUT2D eigenvalue weighted by molar-refractivity contribution is 6.07. The molecule has 2 aliphatic carbocycles. The molecule has 0 radical (unpaired) electrons. The van der Waals surface area contributed by atoms with Gasteiger partial charge in [0.25, 0.3) is 5.91 Å². The van der Waals surface area contributed by atoms with Crippen LogP contribution in [0, 0.1) is 29.1 Å². The number of amides is 1. The number of hydrogen-bond donors (Lipinski definition) is 4. The lowest BCUT2D eigenvalue weighted by molar-refractivity contribution is -0.143. The van der Waals surface area contributed by atoms with Crippen LogP contribution in [0.25, 0.3) is 0 Å². The van der Waals surface area contributed by atoms with Gasteiger partial charge >= 0.3 is 5.97 Å². The highest BCUT2D eigenvalue weighted by Gasteiger charge is 2.55. The topological polar surface area (TPSA) is 107 Å². The predicted molar refractivity (Wildman–Crippen MR) is 137 cm³/mol. The molecule has 1 aliphatic heterocycles. The van der Waals surface area contributed by atoms with Crippen molar-refractivity contribution in [1.29, 1.82) is 0 Å². The van der Waals surface area contributed by atoms with E-state index in [0.29, 0.717) is 29.7 Å². The number of carboxylic acid groups (broad SMARTS) is 1. The summed E-state index contributed by atoms with van der Waals surface area (Å²) in [5.74, 6) is -2.40. The van der Waals surface area contributed by atoms with Crippen LogP contribution in [0.5, 0.6) is 0 Å². The van der Waals surface area contributed by atoms with Crippen molar-refractivity contribution in [3.8, 4) is 0 Å². The summed E-state index contributed by atoms with van der Waals surface area (Å²) >= 11 is 0. The van der Waals surface area contributed by atoms with E-state index in [0.717, 1.165) is 16.7 Å². The Morgan fingerprint density at radius 3 is 2.46 bits per heavy atom. The van der Waals surface area contributed by atoms with Gasteiger partial charge in [-0.05, 0) is 31.3 Å². The van der Waals surface area contributed by atoms with Crippen LogP contribution in [0.3, 0.4) is 0 Å². The SMILES string of the molecule is C=C1NC(=O)C2=C1C(C(=O)O)C(C)(C(C)=CC=CC=CC(C)C(O)C(C)C)C1=C2C(C)C(O)CC1. The van der Waals surface area contributed by atoms with Crippen molar-refractivity contribution in [3.63, 3.8) is 0 Å². The molecule has 6 heteroatoms. The van der Waals surface area contributed by atoms with E-state index in [1.807, 2.05) is 71.9 Å². The highest BCUT2D eigenvalue weighted by atomic mass is 16.4. The Morgan fingerprint density at radius 2 is 1.86 bits per heavy atom. The molecule has 6 unspecified atom stereocenters. The van der Waals surface area contributed by atoms with Gasteiger partial charge in [-0.3, -0.25) is 9.59 Å². The van der Waals surface area contributed by atoms with E-state index in [2.05, 4.69) is 11.9 Å². The molecule has 190 valence electrons. The summed E-state index contributed by atoms with van der Waals surface area (Å²) in [6, 6.07) is 0. The van der Waals surface area contributed by atoms with Gasteiger partial charge in [0.05, 0.1) is 18.1 Å². The van der Waals surface area contributed by atoms with E-state index in [1.54, 1.807) is 0 Å². The van der Waals surface area contributed by atoms with E-state index < -0.39 is 29.5 Å². The van der Waals surface area contributed by atoms with Crippen LogP contribution in [0.4, 0.5) is 0 Å². The minimum absolute atomic E-state index is 0.0172. The van der Waals surface area contributed by atoms with Crippen molar-refractivity contribution in [2.75, 3.05) is 0 Å². The van der Waals surface area contributed by atoms with E-state index in [9.17, 15) is 24.9 Å². The fourth-order valence-electron chi connectivity index (χ4n) is 5.88. The van der Waals surface area contributed by atoms with Gasteiger partial charge in [-0.2, -0.15) is 0 Å². The fraction of sp³-hybridized carbons (Fsp3) is 0.517. The zero-order chi connectivity index (χ0) is 26.2. The van der Waals surface area contributed by atoms with E-state index in [-0.39, 0.29) is 23.7 Å². The van der Waals surface area contributed by atoms with Crippen molar-refractivity contribution < 1.29 is 24.9 Å². The number of aliphatic carboxylic acids is 1. The maximum absolute atomic E-state index is 12.9. The first-order valence-corrected chi connectivity index (χ1v) is 12.4. The normalized spacial score (nSPS) is 31.3. The van der Waals surface area contributed by atoms with Crippen LogP contribution >= 0.6 is 0 Å². The molecule has 3 rings (SSSR count). The quantitative estimate of drug-likeness (QED) is 0.402. The molecule has 0 aromatic rings. The molecule has 1 amide bonds. The molecule has 4 N–H and O–H groups in total. The van der Waals surface area contributed by atoms with Crippen LogP contribution in [0.1, 0.15) is 54.4 Å². The lowest BCUT2D eigenvalue weighted by atomic mass is 9.55. The number of carboxylic acids is 1. The lowest BCUT2D eigenvalue weighted by Crippen LogP contribution is -2.44. The van der Waals surface area contributed by atoms with Gasteiger partial charge in [0.1, 0.15) is 0 Å². The zero-order valence-corrected chi connectivity index (χ0v) is 21.6. The van der Waals surface area contributed by atoms with Gasteiger partial charge < -0.3 is 20.6 Å². The van der Waals surface area contributed by atoms with Crippen molar-refractivity contribution >= 4 is 11.9 Å². The Hall–Kier alpha value is -2.70. The second-order valence-corrected chi connectivity index (χ2v) is 10.7. The Bertz CT molecular complexity index is 1070. The average Bonchev–Trinajstić information content (AvgIpc) is 3.07. The molecule has 0 spiro atoms. The van der Waals surface area contributed by atoms with E-state index >= 15 is 0 Å². The van der Waals surface area contributed by atoms with Crippen LogP contribution in [-0.4, -0.2) is 39.4 Å². The number of hydrogen-bond acceptors (Lipinski definition) is 4. The van der Waals surface area contributed by atoms with Gasteiger partial charge in [0.2, 0.25) is 0 Å². The average molecular weight is 482 g/mol. The summed E-state index contributed by atoms with van der Waals surface area (Å²) in [5, 5.41) is 33.9. The Kier molecular flexibility index (Phi) is 7.77. The molecule has 1 heterocycles. The van der Waals surface area contributed by atoms with Gasteiger partial charge in [-0.25, -0.2) is 0 Å². The molecule has 0 aromatic carbocycles. The lowest BCUT2D eigenvalue weighted by Gasteiger charge is -2.47. The number of nitrogens with one attached hydrogen (secondary N) is 1. The van der Waals surface area contributed by atoms with Gasteiger partial charge in [0.15, 0.2) is 0 Å². The monoisotopic (exact) mass is 481 g/mol. The molecular formula is C29H39NO5. The van der Waals surface area contributed by atoms with E-state index in [1.165, 1.54) is 0 Å². The third-order valence-electron chi connectivity index (χ3n) is 8.17. The zero-order valence-electron chi connectivity index (χ0n) is 21.6. The smallest absolute Gasteiger partial charge is 0.312 e. The molecule has 3 aliphatic rings. The second-order valence-electron chi connectivity index (χ2n) is 10.7. The highest BCUT2D eigenvalue weighted by Crippen LogP contribution is 2.58. The summed E-state index contributed by atoms with van der Waals surface area (Å²) in [6.45, 7) is 15.7. The molecule has 6 nitrogen and oxygen atoms in total. The Balaban J connectivity index is 2.06. The first kappa shape index (κ1) is 26.9. The summed E-state index contributed by atoms with van der Waals surface area (Å²) < 4.78 is 0. The second kappa shape index (κ2) is 10.1. The molecule has 0 saturated heterocycles. The van der Waals surface area contributed by atoms with Crippen molar-refractivity contribution in [2.45, 2.75) is 66.6 Å². The Labute approximate surface area is 208 Å². The van der Waals surface area contributed by atoms with Crippen LogP contribution in [-0.2, 0) is 9.59 Å². The number of fused-ring (bicyclic) bond motifs is 1. The first-order valence-electron chi connectivity index (χ1n) is 12.4. The van der Waals surface area contributed by atoms with Gasteiger partial charge in [-0.15, -0.1) is 0 Å². The molecule has 0 saturated carbocycles. The fourth-order valence-corrected chi connectivity index (χ4v) is 5.88. The van der Waals surface area contributed by atoms with Gasteiger partial charge in [0, 0.05) is 34.1 Å². The summed E-state index contributed by atoms with van der Waals surface area (Å²) in [5.41, 5.74) is 2.80. The van der Waals surface area contributed by atoms with Crippen LogP contribution in [0.15, 0.2) is 70.5 Å². The molecule has 0 fully saturated rings. The maximum atomic E-state index is 12.9. The molecule has 6 atom stereocenters. The van der Waals surface area contributed by atoms with Crippen molar-refractivity contribution in [1.82, 2.24) is 5.32 Å². The summed E-state index contributed by atoms with van der Waals surface area (Å²) in [7, 11) is 0. The van der Waals surface area contributed by atoms with Crippen LogP contribution < -0.4 is 5.32 Å². The number of allylic oxidation sites excluding steroid dienone is 7. The number of aliphatic hydroxyl groups excluding tert-OH is 2. The van der Waals surface area contributed by atoms with Crippen molar-refractivity contribution in [3.05, 3.63) is 70.5 Å². The Morgan fingerprint density at radius 1 is 1.20 bits per heavy atom. The molecule has 0 aromatic heterocycles. The predicted octanol–water partition coefficient (Wildman–Crippen LogP) is 4.45. The largest absolute Gasteiger partial charge is 0.481 e. The maximum Gasteiger partial charge on any atom is 0.312 e. The third kappa shape index (κ3) is 4.62. The standard InChI is InChI=1S/C29H39NO5/c1-15(2)26(32)16(3)11-9-8-10-12-17(4)29(7)20-13-14-21(31)18(5)22(20)24-23(25(29)28(34)35)19(6)30-27(24)33/h8-12,15-16,18,21,25-26,31-32H,6,13-14H2,1-5,7H3,(H,30,33)(H,34,35). The number of aliphatic hydroxyl groups is 2. The van der Waals surface area contributed by atoms with Crippen molar-refractivity contribution in [2.24, 2.45) is 29.1 Å². The summed E-state index contributed by atoms with van der Waals surface area (Å²) in [6.07, 6.45) is 9.56. The minimum atomic E-state index is -1.00. The third-order valence-corrected chi connectivity index (χ3v) is 8.17. The first-order chi connectivity index (χ1) is 16.3. The summed E-state index contributed by atoms with van der Waals surface area (Å²) in [4.78, 5) is 25.6. The molecular weight excluding hydrogens is 442 g/mol. The van der Waals surface area contributed by atoms with E-state index in [4.69, 9.17) is 0 Å². The number of carbonyl (C=O) groups is 2. The van der Waals surface area contributed by atoms with Crippen LogP contribution in [0.2, 0.25) is 0 Å². The van der Waals surface area contributed by atoms with Gasteiger partial charge in [-0.1, -0.05) is 82.7 Å². The number of carbonyl (C=O) groups excluding carboxylic acids is 1. The minimum Gasteiger partial charge on any atom is -0.481 e. The molecule has 35 heavy (non-hydrogen) atoms. The number of rotatable bonds is 7. The molecule has 0 bridgehead atoms.